The largest absolute Gasteiger partial charge is 0.508 e. The highest BCUT2D eigenvalue weighted by Gasteiger charge is 2.23. The Bertz CT molecular complexity index is 1750. The van der Waals surface area contributed by atoms with E-state index in [0.29, 0.717) is 6.42 Å². The number of amides is 3. The van der Waals surface area contributed by atoms with Crippen molar-refractivity contribution in [3.63, 3.8) is 0 Å². The summed E-state index contributed by atoms with van der Waals surface area (Å²) >= 11 is 0. The lowest BCUT2D eigenvalue weighted by atomic mass is 10.0. The summed E-state index contributed by atoms with van der Waals surface area (Å²) in [6.45, 7) is -0.107. The number of aromatic nitrogens is 3. The van der Waals surface area contributed by atoms with E-state index < -0.39 is 29.8 Å². The minimum atomic E-state index is -0.942. The molecule has 0 aliphatic carbocycles. The second-order valence-corrected chi connectivity index (χ2v) is 10.3. The predicted molar refractivity (Wildman–Crippen MR) is 159 cm³/mol. The summed E-state index contributed by atoms with van der Waals surface area (Å²) in [6.07, 6.45) is 7.55. The fourth-order valence-electron chi connectivity index (χ4n) is 4.97. The van der Waals surface area contributed by atoms with E-state index >= 15 is 0 Å². The van der Waals surface area contributed by atoms with Crippen LogP contribution in [0.1, 0.15) is 16.7 Å². The minimum Gasteiger partial charge on any atom is -0.508 e. The van der Waals surface area contributed by atoms with Gasteiger partial charge in [-0.15, -0.1) is 0 Å². The number of hydrogen-bond acceptors (Lipinski definition) is 6. The topological polar surface area (TPSA) is 178 Å². The molecule has 5 rings (SSSR count). The molecule has 222 valence electrons. The Balaban J connectivity index is 1.16. The number of halogens is 1. The quantitative estimate of drug-likeness (QED) is 0.118. The Kier molecular flexibility index (Phi) is 8.96. The van der Waals surface area contributed by atoms with Gasteiger partial charge < -0.3 is 36.8 Å². The highest BCUT2D eigenvalue weighted by atomic mass is 19.1. The zero-order valence-electron chi connectivity index (χ0n) is 23.2. The van der Waals surface area contributed by atoms with Crippen LogP contribution in [-0.4, -0.2) is 63.0 Å². The van der Waals surface area contributed by atoms with Crippen LogP contribution in [0.2, 0.25) is 0 Å². The van der Waals surface area contributed by atoms with Crippen LogP contribution in [0.25, 0.3) is 21.8 Å². The van der Waals surface area contributed by atoms with Crippen LogP contribution in [0.15, 0.2) is 73.3 Å². The fraction of sp³-hybridized carbons (Fsp3) is 0.226. The van der Waals surface area contributed by atoms with Gasteiger partial charge in [-0.25, -0.2) is 4.39 Å². The summed E-state index contributed by atoms with van der Waals surface area (Å²) in [5.41, 5.74) is 10.1. The summed E-state index contributed by atoms with van der Waals surface area (Å²) in [6, 6.07) is 11.0. The highest BCUT2D eigenvalue weighted by molar-refractivity contribution is 5.92. The number of nitrogens with zero attached hydrogens (tertiary/aromatic N) is 1. The fourth-order valence-corrected chi connectivity index (χ4v) is 4.97. The molecule has 0 spiro atoms. The van der Waals surface area contributed by atoms with Gasteiger partial charge in [0.1, 0.15) is 17.6 Å². The SMILES string of the molecule is N[C@@H](Cc1c[nH]c2ccc(O)cc12)C(=O)NCC(=O)N[C@@H](Cc1ccncc1)C(=O)NCCc1c[nH]c2ccc(F)cc12. The maximum atomic E-state index is 13.7. The molecule has 2 aromatic carbocycles. The molecular weight excluding hydrogens is 553 g/mol. The van der Waals surface area contributed by atoms with E-state index in [0.717, 1.165) is 38.5 Å². The van der Waals surface area contributed by atoms with Crippen LogP contribution in [0.5, 0.6) is 5.75 Å². The Morgan fingerprint density at radius 2 is 1.58 bits per heavy atom. The second-order valence-electron chi connectivity index (χ2n) is 10.3. The van der Waals surface area contributed by atoms with Crippen LogP contribution in [0.4, 0.5) is 4.39 Å². The number of H-pyrrole nitrogens is 2. The van der Waals surface area contributed by atoms with E-state index in [1.807, 2.05) is 0 Å². The van der Waals surface area contributed by atoms with Crippen LogP contribution >= 0.6 is 0 Å². The van der Waals surface area contributed by atoms with Gasteiger partial charge in [0.25, 0.3) is 0 Å². The average molecular weight is 586 g/mol. The molecule has 0 aliphatic rings. The van der Waals surface area contributed by atoms with E-state index in [9.17, 15) is 23.9 Å². The molecule has 3 heterocycles. The van der Waals surface area contributed by atoms with Crippen molar-refractivity contribution >= 4 is 39.5 Å². The van der Waals surface area contributed by atoms with Crippen LogP contribution in [0, 0.1) is 5.82 Å². The number of aromatic amines is 2. The van der Waals surface area contributed by atoms with Crippen molar-refractivity contribution in [1.82, 2.24) is 30.9 Å². The zero-order valence-corrected chi connectivity index (χ0v) is 23.2. The summed E-state index contributed by atoms with van der Waals surface area (Å²) in [4.78, 5) is 48.8. The Morgan fingerprint density at radius 1 is 0.884 bits per heavy atom. The van der Waals surface area contributed by atoms with Gasteiger partial charge in [-0.05, 0) is 78.1 Å². The number of pyridine rings is 1. The Hall–Kier alpha value is -5.23. The minimum absolute atomic E-state index is 0.0988. The molecule has 2 atom stereocenters. The number of rotatable bonds is 12. The summed E-state index contributed by atoms with van der Waals surface area (Å²) in [5.74, 6) is -1.74. The molecule has 0 radical (unpaired) electrons. The number of carbonyl (C=O) groups excluding carboxylic acids is 3. The maximum Gasteiger partial charge on any atom is 0.242 e. The first kappa shape index (κ1) is 29.3. The summed E-state index contributed by atoms with van der Waals surface area (Å²) < 4.78 is 13.7. The van der Waals surface area contributed by atoms with Crippen molar-refractivity contribution in [3.8, 4) is 5.75 Å². The van der Waals surface area contributed by atoms with Crippen LogP contribution in [0.3, 0.4) is 0 Å². The van der Waals surface area contributed by atoms with E-state index in [1.165, 1.54) is 12.1 Å². The molecule has 0 saturated carbocycles. The van der Waals surface area contributed by atoms with E-state index in [1.54, 1.807) is 61.2 Å². The molecule has 5 aromatic rings. The molecule has 0 bridgehead atoms. The molecule has 0 aliphatic heterocycles. The number of nitrogens with one attached hydrogen (secondary N) is 5. The first-order valence-electron chi connectivity index (χ1n) is 13.8. The molecule has 0 saturated heterocycles. The molecule has 12 heteroatoms. The number of carbonyl (C=O) groups is 3. The van der Waals surface area contributed by atoms with Crippen LogP contribution < -0.4 is 21.7 Å². The van der Waals surface area contributed by atoms with Gasteiger partial charge in [0.15, 0.2) is 0 Å². The van der Waals surface area contributed by atoms with Crippen molar-refractivity contribution < 1.29 is 23.9 Å². The smallest absolute Gasteiger partial charge is 0.242 e. The second kappa shape index (κ2) is 13.2. The van der Waals surface area contributed by atoms with Gasteiger partial charge in [-0.3, -0.25) is 19.4 Å². The average Bonchev–Trinajstić information content (AvgIpc) is 3.59. The molecule has 43 heavy (non-hydrogen) atoms. The van der Waals surface area contributed by atoms with Gasteiger partial charge in [0, 0.05) is 59.6 Å². The van der Waals surface area contributed by atoms with Crippen molar-refractivity contribution in [2.45, 2.75) is 31.3 Å². The first-order chi connectivity index (χ1) is 20.8. The molecule has 3 amide bonds. The number of benzene rings is 2. The van der Waals surface area contributed by atoms with Gasteiger partial charge in [-0.1, -0.05) is 0 Å². The molecular formula is C31H32FN7O4. The van der Waals surface area contributed by atoms with E-state index in [4.69, 9.17) is 5.73 Å². The Labute approximate surface area is 246 Å². The lowest BCUT2D eigenvalue weighted by Crippen LogP contribution is -2.52. The molecule has 0 fully saturated rings. The number of phenols is 1. The Morgan fingerprint density at radius 3 is 2.35 bits per heavy atom. The number of aromatic hydroxyl groups is 1. The van der Waals surface area contributed by atoms with Crippen LogP contribution in [-0.2, 0) is 33.6 Å². The number of nitrogens with two attached hydrogens (primary N) is 1. The third-order valence-electron chi connectivity index (χ3n) is 7.21. The summed E-state index contributed by atoms with van der Waals surface area (Å²) in [5, 5.41) is 19.4. The van der Waals surface area contributed by atoms with Gasteiger partial charge in [0.2, 0.25) is 17.7 Å². The number of phenolic OH excluding ortho intramolecular Hbond substituents is 1. The number of hydrogen-bond donors (Lipinski definition) is 7. The van der Waals surface area contributed by atoms with E-state index in [2.05, 4.69) is 30.9 Å². The zero-order chi connectivity index (χ0) is 30.3. The normalized spacial score (nSPS) is 12.6. The molecule has 8 N–H and O–H groups in total. The van der Waals surface area contributed by atoms with Gasteiger partial charge in [-0.2, -0.15) is 0 Å². The summed E-state index contributed by atoms with van der Waals surface area (Å²) in [7, 11) is 0. The molecule has 3 aromatic heterocycles. The third kappa shape index (κ3) is 7.35. The third-order valence-corrected chi connectivity index (χ3v) is 7.21. The molecule has 0 unspecified atom stereocenters. The van der Waals surface area contributed by atoms with E-state index in [-0.39, 0.29) is 37.5 Å². The monoisotopic (exact) mass is 585 g/mol. The molecule has 11 nitrogen and oxygen atoms in total. The standard InChI is InChI=1S/C31H32FN7O4/c32-21-1-3-26-23(13-21)19(15-36-26)7-10-35-31(43)28(11-18-5-8-34-9-6-18)39-29(41)17-38-30(42)25(33)12-20-16-37-27-4-2-22(40)14-24(20)27/h1-6,8-9,13-16,25,28,36-37,40H,7,10-12,17,33H2,(H,35,43)(H,38,42)(H,39,41)/t25-,28-/m0/s1. The lowest BCUT2D eigenvalue weighted by molar-refractivity contribution is -0.130. The first-order valence-corrected chi connectivity index (χ1v) is 13.8. The van der Waals surface area contributed by atoms with Gasteiger partial charge in [0.05, 0.1) is 12.6 Å². The van der Waals surface area contributed by atoms with Gasteiger partial charge >= 0.3 is 0 Å². The van der Waals surface area contributed by atoms with Crippen molar-refractivity contribution in [3.05, 3.63) is 95.8 Å². The van der Waals surface area contributed by atoms with Crippen molar-refractivity contribution in [1.29, 1.82) is 0 Å². The highest BCUT2D eigenvalue weighted by Crippen LogP contribution is 2.24. The predicted octanol–water partition coefficient (Wildman–Crippen LogP) is 1.96. The maximum absolute atomic E-state index is 13.7. The van der Waals surface area contributed by atoms with Crippen molar-refractivity contribution in [2.75, 3.05) is 13.1 Å². The number of fused-ring (bicyclic) bond motifs is 2. The lowest BCUT2D eigenvalue weighted by Gasteiger charge is -2.19. The van der Waals surface area contributed by atoms with Crippen molar-refractivity contribution in [2.24, 2.45) is 5.73 Å².